The van der Waals surface area contributed by atoms with Crippen LogP contribution < -0.4 is 5.32 Å². The van der Waals surface area contributed by atoms with Crippen molar-refractivity contribution >= 4 is 17.5 Å². The molecule has 0 bridgehead atoms. The monoisotopic (exact) mass is 605 g/mol. The van der Waals surface area contributed by atoms with Crippen molar-refractivity contribution in [1.29, 1.82) is 0 Å². The molecule has 43 heavy (non-hydrogen) atoms. The number of hydrogen-bond donors (Lipinski definition) is 3. The first-order chi connectivity index (χ1) is 20.6. The number of benzene rings is 2. The lowest BCUT2D eigenvalue weighted by Gasteiger charge is -2.43. The van der Waals surface area contributed by atoms with Crippen molar-refractivity contribution in [2.45, 2.75) is 76.0 Å². The molecule has 3 aliphatic rings. The molecule has 2 aromatic carbocycles. The molecule has 5 rings (SSSR count). The Balaban J connectivity index is 1.36. The van der Waals surface area contributed by atoms with Crippen LogP contribution in [0.15, 0.2) is 48.5 Å². The number of ether oxygens (including phenoxy) is 2. The Hall–Kier alpha value is -3.03. The predicted molar refractivity (Wildman–Crippen MR) is 151 cm³/mol. The van der Waals surface area contributed by atoms with E-state index >= 15 is 0 Å². The third-order valence-corrected chi connectivity index (χ3v) is 8.73. The van der Waals surface area contributed by atoms with Crippen LogP contribution in [0.5, 0.6) is 0 Å². The van der Waals surface area contributed by atoms with Gasteiger partial charge in [-0.05, 0) is 55.5 Å². The van der Waals surface area contributed by atoms with Gasteiger partial charge in [0.2, 0.25) is 5.91 Å². The first-order valence-electron chi connectivity index (χ1n) is 14.7. The first kappa shape index (κ1) is 31.4. The molecular weight excluding hydrogens is 567 g/mol. The van der Waals surface area contributed by atoms with E-state index in [0.717, 1.165) is 30.5 Å². The number of hydrogen-bond acceptors (Lipinski definition) is 7. The summed E-state index contributed by atoms with van der Waals surface area (Å²) in [6.07, 6.45) is -4.12. The van der Waals surface area contributed by atoms with E-state index in [1.807, 2.05) is 24.3 Å². The lowest BCUT2D eigenvalue weighted by atomic mass is 9.90. The second-order valence-electron chi connectivity index (χ2n) is 11.6. The maximum atomic E-state index is 13.1. The highest BCUT2D eigenvalue weighted by Gasteiger charge is 2.48. The lowest BCUT2D eigenvalue weighted by Crippen LogP contribution is -2.48. The molecule has 3 N–H and O–H groups in total. The highest BCUT2D eigenvalue weighted by molar-refractivity contribution is 5.98. The van der Waals surface area contributed by atoms with Crippen LogP contribution in [0.25, 0.3) is 0 Å². The summed E-state index contributed by atoms with van der Waals surface area (Å²) in [6.45, 7) is 3.38. The Morgan fingerprint density at radius 1 is 1.00 bits per heavy atom. The molecule has 3 fully saturated rings. The fraction of sp³-hybridized carbons (Fsp3) is 0.548. The zero-order valence-corrected chi connectivity index (χ0v) is 24.0. The summed E-state index contributed by atoms with van der Waals surface area (Å²) < 4.78 is 52.2. The van der Waals surface area contributed by atoms with Gasteiger partial charge in [0.15, 0.2) is 6.29 Å². The minimum Gasteiger partial charge on any atom is -0.395 e. The molecule has 0 spiro atoms. The van der Waals surface area contributed by atoms with Crippen molar-refractivity contribution in [3.8, 4) is 0 Å². The molecule has 0 aromatic heterocycles. The number of alkyl halides is 3. The Kier molecular flexibility index (Phi) is 9.72. The topological polar surface area (TPSA) is 112 Å². The number of aliphatic hydroxyl groups excluding tert-OH is 2. The Morgan fingerprint density at radius 2 is 1.74 bits per heavy atom. The van der Waals surface area contributed by atoms with Crippen LogP contribution in [0.3, 0.4) is 0 Å². The zero-order valence-electron chi connectivity index (χ0n) is 24.0. The highest BCUT2D eigenvalue weighted by atomic mass is 19.4. The molecule has 2 amide bonds. The molecule has 6 atom stereocenters. The Morgan fingerprint density at radius 3 is 2.44 bits per heavy atom. The predicted octanol–water partition coefficient (Wildman–Crippen LogP) is 3.92. The van der Waals surface area contributed by atoms with Gasteiger partial charge in [0, 0.05) is 36.3 Å². The molecule has 9 nitrogen and oxygen atoms in total. The molecule has 2 aromatic rings. The minimum atomic E-state index is -5.05. The minimum absolute atomic E-state index is 0.0569. The summed E-state index contributed by atoms with van der Waals surface area (Å²) >= 11 is 0. The maximum absolute atomic E-state index is 13.1. The second-order valence-corrected chi connectivity index (χ2v) is 11.6. The number of amides is 2. The van der Waals surface area contributed by atoms with Crippen molar-refractivity contribution in [3.63, 3.8) is 0 Å². The third kappa shape index (κ3) is 7.04. The smallest absolute Gasteiger partial charge is 0.395 e. The molecule has 0 aliphatic carbocycles. The lowest BCUT2D eigenvalue weighted by molar-refractivity contribution is -0.276. The van der Waals surface area contributed by atoms with Crippen LogP contribution in [0.4, 0.5) is 18.9 Å². The summed E-state index contributed by atoms with van der Waals surface area (Å²) in [6, 6.07) is 13.2. The average Bonchev–Trinajstić information content (AvgIpc) is 3.67. The molecule has 0 radical (unpaired) electrons. The van der Waals surface area contributed by atoms with Crippen LogP contribution in [0.1, 0.15) is 61.7 Å². The second kappa shape index (κ2) is 13.3. The first-order valence-corrected chi connectivity index (χ1v) is 14.7. The van der Waals surface area contributed by atoms with Gasteiger partial charge in [0.1, 0.15) is 6.04 Å². The van der Waals surface area contributed by atoms with Gasteiger partial charge in [-0.2, -0.15) is 13.2 Å². The van der Waals surface area contributed by atoms with Crippen LogP contribution in [0.2, 0.25) is 0 Å². The van der Waals surface area contributed by atoms with Crippen LogP contribution in [-0.2, 0) is 25.7 Å². The van der Waals surface area contributed by atoms with Crippen LogP contribution in [-0.4, -0.2) is 82.4 Å². The van der Waals surface area contributed by atoms with E-state index in [2.05, 4.69) is 17.1 Å². The number of carbonyl (C=O) groups excluding carboxylic acids is 2. The molecule has 6 unspecified atom stereocenters. The van der Waals surface area contributed by atoms with E-state index in [4.69, 9.17) is 9.47 Å². The van der Waals surface area contributed by atoms with Gasteiger partial charge in [-0.3, -0.25) is 14.5 Å². The van der Waals surface area contributed by atoms with E-state index in [0.29, 0.717) is 29.1 Å². The standard InChI is InChI=1S/C31H38F3N3O6/c1-19-26(16-36-13-3-7-24(36)18-39)42-29(43-27(19)21-11-9-20(17-38)10-12-21)22-5-2-6-23(15-22)35-28(40)25-8-4-14-37(25)30(41)31(32,33)34/h2,5-6,9-12,15,19,24-27,29,38-39H,3-4,7-8,13-14,16-18H2,1H3,(H,35,40). The van der Waals surface area contributed by atoms with Crippen molar-refractivity contribution in [1.82, 2.24) is 9.80 Å². The van der Waals surface area contributed by atoms with E-state index in [-0.39, 0.29) is 50.3 Å². The highest BCUT2D eigenvalue weighted by Crippen LogP contribution is 2.42. The van der Waals surface area contributed by atoms with E-state index in [9.17, 15) is 33.0 Å². The largest absolute Gasteiger partial charge is 0.471 e. The van der Waals surface area contributed by atoms with Crippen molar-refractivity contribution < 1.29 is 42.4 Å². The number of nitrogens with zero attached hydrogens (tertiary/aromatic N) is 2. The number of carbonyl (C=O) groups is 2. The zero-order chi connectivity index (χ0) is 30.7. The third-order valence-electron chi connectivity index (χ3n) is 8.73. The Labute approximate surface area is 248 Å². The van der Waals surface area contributed by atoms with Gasteiger partial charge < -0.3 is 29.9 Å². The van der Waals surface area contributed by atoms with E-state index < -0.39 is 30.3 Å². The van der Waals surface area contributed by atoms with Crippen LogP contribution >= 0.6 is 0 Å². The van der Waals surface area contributed by atoms with Crippen molar-refractivity contribution in [2.75, 3.05) is 31.6 Å². The quantitative estimate of drug-likeness (QED) is 0.419. The summed E-state index contributed by atoms with van der Waals surface area (Å²) in [4.78, 5) is 27.7. The molecular formula is C31H38F3N3O6. The molecule has 3 saturated heterocycles. The van der Waals surface area contributed by atoms with E-state index in [1.54, 1.807) is 24.3 Å². The summed E-state index contributed by atoms with van der Waals surface area (Å²) in [5, 5.41) is 22.0. The number of aliphatic hydroxyl groups is 2. The van der Waals surface area contributed by atoms with Gasteiger partial charge in [0.05, 0.1) is 25.4 Å². The summed E-state index contributed by atoms with van der Waals surface area (Å²) in [7, 11) is 0. The summed E-state index contributed by atoms with van der Waals surface area (Å²) in [5.74, 6) is -2.75. The number of rotatable bonds is 8. The fourth-order valence-corrected chi connectivity index (χ4v) is 6.34. The van der Waals surface area contributed by atoms with Gasteiger partial charge >= 0.3 is 12.1 Å². The molecule has 0 saturated carbocycles. The number of likely N-dealkylation sites (tertiary alicyclic amines) is 2. The average molecular weight is 606 g/mol. The van der Waals surface area contributed by atoms with Crippen molar-refractivity contribution in [3.05, 3.63) is 65.2 Å². The van der Waals surface area contributed by atoms with Crippen molar-refractivity contribution in [2.24, 2.45) is 5.92 Å². The Bertz CT molecular complexity index is 1280. The maximum Gasteiger partial charge on any atom is 0.471 e. The summed E-state index contributed by atoms with van der Waals surface area (Å²) in [5.41, 5.74) is 2.66. The van der Waals surface area contributed by atoms with E-state index in [1.165, 1.54) is 0 Å². The molecule has 234 valence electrons. The number of nitrogens with one attached hydrogen (secondary N) is 1. The van der Waals surface area contributed by atoms with Gasteiger partial charge in [-0.15, -0.1) is 0 Å². The van der Waals surface area contributed by atoms with Gasteiger partial charge in [0.25, 0.3) is 0 Å². The molecule has 12 heteroatoms. The van der Waals surface area contributed by atoms with Crippen LogP contribution in [0, 0.1) is 5.92 Å². The normalized spacial score (nSPS) is 28.3. The fourth-order valence-electron chi connectivity index (χ4n) is 6.34. The number of halogens is 3. The van der Waals surface area contributed by atoms with Gasteiger partial charge in [-0.1, -0.05) is 43.3 Å². The number of anilines is 1. The molecule has 3 aliphatic heterocycles. The molecule has 3 heterocycles. The van der Waals surface area contributed by atoms with Gasteiger partial charge in [-0.25, -0.2) is 0 Å². The SMILES string of the molecule is CC1C(CN2CCCC2CO)OC(c2cccc(NC(=O)C3CCCN3C(=O)C(F)(F)F)c2)OC1c1ccc(CO)cc1.